The van der Waals surface area contributed by atoms with E-state index in [0.717, 1.165) is 19.4 Å². The molecule has 0 radical (unpaired) electrons. The average Bonchev–Trinajstić information content (AvgIpc) is 3.00. The second-order valence-corrected chi connectivity index (χ2v) is 6.69. The highest BCUT2D eigenvalue weighted by Crippen LogP contribution is 2.18. The number of hydrogen-bond donors (Lipinski definition) is 0. The third-order valence-electron chi connectivity index (χ3n) is 3.88. The van der Waals surface area contributed by atoms with E-state index in [1.807, 2.05) is 31.5 Å². The summed E-state index contributed by atoms with van der Waals surface area (Å²) >= 11 is 1.66. The summed E-state index contributed by atoms with van der Waals surface area (Å²) in [5.74, 6) is -0.131. The SMILES string of the molecule is CCOC(=O)C1CCCN(CC(=O)N(C)Cc2cccs2)C1. The van der Waals surface area contributed by atoms with E-state index >= 15 is 0 Å². The van der Waals surface area contributed by atoms with Crippen molar-refractivity contribution < 1.29 is 14.3 Å². The summed E-state index contributed by atoms with van der Waals surface area (Å²) in [5, 5.41) is 2.02. The van der Waals surface area contributed by atoms with Crippen LogP contribution >= 0.6 is 11.3 Å². The van der Waals surface area contributed by atoms with E-state index in [1.54, 1.807) is 16.2 Å². The number of carbonyl (C=O) groups is 2. The number of esters is 1. The maximum absolute atomic E-state index is 12.3. The van der Waals surface area contributed by atoms with Crippen LogP contribution in [0.15, 0.2) is 17.5 Å². The lowest BCUT2D eigenvalue weighted by Gasteiger charge is -2.32. The molecule has 2 heterocycles. The predicted octanol–water partition coefficient (Wildman–Crippen LogP) is 1.98. The predicted molar refractivity (Wildman–Crippen MR) is 86.6 cm³/mol. The molecule has 1 aromatic heterocycles. The van der Waals surface area contributed by atoms with Crippen molar-refractivity contribution in [2.45, 2.75) is 26.3 Å². The van der Waals surface area contributed by atoms with Crippen molar-refractivity contribution in [3.8, 4) is 0 Å². The molecule has 1 saturated heterocycles. The number of nitrogens with zero attached hydrogens (tertiary/aromatic N) is 2. The van der Waals surface area contributed by atoms with Gasteiger partial charge in [0.2, 0.25) is 5.91 Å². The highest BCUT2D eigenvalue weighted by Gasteiger charge is 2.28. The highest BCUT2D eigenvalue weighted by molar-refractivity contribution is 7.09. The van der Waals surface area contributed by atoms with Crippen molar-refractivity contribution in [2.75, 3.05) is 33.3 Å². The summed E-state index contributed by atoms with van der Waals surface area (Å²) in [6.45, 7) is 4.74. The number of hydrogen-bond acceptors (Lipinski definition) is 5. The zero-order valence-electron chi connectivity index (χ0n) is 13.3. The van der Waals surface area contributed by atoms with Crippen LogP contribution < -0.4 is 0 Å². The monoisotopic (exact) mass is 324 g/mol. The molecule has 1 amide bonds. The smallest absolute Gasteiger partial charge is 0.310 e. The number of ether oxygens (including phenoxy) is 1. The highest BCUT2D eigenvalue weighted by atomic mass is 32.1. The Balaban J connectivity index is 1.81. The van der Waals surface area contributed by atoms with E-state index in [0.29, 0.717) is 26.2 Å². The first-order valence-electron chi connectivity index (χ1n) is 7.75. The van der Waals surface area contributed by atoms with Crippen LogP contribution in [0.5, 0.6) is 0 Å². The molecule has 1 aromatic rings. The Hall–Kier alpha value is -1.40. The van der Waals surface area contributed by atoms with E-state index in [4.69, 9.17) is 4.74 Å². The summed E-state index contributed by atoms with van der Waals surface area (Å²) < 4.78 is 5.09. The normalized spacial score (nSPS) is 18.9. The fourth-order valence-corrected chi connectivity index (χ4v) is 3.45. The molecule has 122 valence electrons. The molecule has 0 saturated carbocycles. The molecule has 1 aliphatic heterocycles. The van der Waals surface area contributed by atoms with E-state index in [1.165, 1.54) is 4.88 Å². The molecule has 1 unspecified atom stereocenters. The van der Waals surface area contributed by atoms with Gasteiger partial charge in [0.25, 0.3) is 0 Å². The average molecular weight is 324 g/mol. The number of carbonyl (C=O) groups excluding carboxylic acids is 2. The van der Waals surface area contributed by atoms with Crippen LogP contribution in [0.25, 0.3) is 0 Å². The van der Waals surface area contributed by atoms with E-state index in [2.05, 4.69) is 4.90 Å². The van der Waals surface area contributed by atoms with Crippen LogP contribution in [-0.4, -0.2) is 55.0 Å². The van der Waals surface area contributed by atoms with Gasteiger partial charge in [0.1, 0.15) is 0 Å². The van der Waals surface area contributed by atoms with E-state index < -0.39 is 0 Å². The Morgan fingerprint density at radius 1 is 1.50 bits per heavy atom. The fourth-order valence-electron chi connectivity index (χ4n) is 2.69. The maximum Gasteiger partial charge on any atom is 0.310 e. The molecule has 6 heteroatoms. The molecule has 0 aromatic carbocycles. The summed E-state index contributed by atoms with van der Waals surface area (Å²) in [7, 11) is 1.83. The lowest BCUT2D eigenvalue weighted by Crippen LogP contribution is -2.44. The summed E-state index contributed by atoms with van der Waals surface area (Å²) in [5.41, 5.74) is 0. The molecule has 0 aliphatic carbocycles. The van der Waals surface area contributed by atoms with Gasteiger partial charge in [-0.05, 0) is 37.8 Å². The molecule has 1 atom stereocenters. The topological polar surface area (TPSA) is 49.9 Å². The third kappa shape index (κ3) is 4.81. The summed E-state index contributed by atoms with van der Waals surface area (Å²) in [6, 6.07) is 4.03. The number of amides is 1. The molecule has 1 aliphatic rings. The van der Waals surface area contributed by atoms with Crippen molar-refractivity contribution >= 4 is 23.2 Å². The van der Waals surface area contributed by atoms with Gasteiger partial charge < -0.3 is 9.64 Å². The number of thiophene rings is 1. The number of piperidine rings is 1. The molecule has 0 bridgehead atoms. The lowest BCUT2D eigenvalue weighted by atomic mass is 9.98. The van der Waals surface area contributed by atoms with Crippen molar-refractivity contribution in [2.24, 2.45) is 5.92 Å². The fraction of sp³-hybridized carbons (Fsp3) is 0.625. The van der Waals surface area contributed by atoms with Gasteiger partial charge in [0.15, 0.2) is 0 Å². The zero-order chi connectivity index (χ0) is 15.9. The van der Waals surface area contributed by atoms with Gasteiger partial charge in [-0.2, -0.15) is 0 Å². The standard InChI is InChI=1S/C16H24N2O3S/c1-3-21-16(20)13-6-4-8-18(10-13)12-15(19)17(2)11-14-7-5-9-22-14/h5,7,9,13H,3-4,6,8,10-12H2,1-2H3. The minimum Gasteiger partial charge on any atom is -0.466 e. The molecule has 22 heavy (non-hydrogen) atoms. The molecule has 5 nitrogen and oxygen atoms in total. The quantitative estimate of drug-likeness (QED) is 0.751. The van der Waals surface area contributed by atoms with Crippen molar-refractivity contribution in [1.29, 1.82) is 0 Å². The van der Waals surface area contributed by atoms with Crippen LogP contribution in [0.3, 0.4) is 0 Å². The third-order valence-corrected chi connectivity index (χ3v) is 4.74. The Kier molecular flexibility index (Phi) is 6.39. The molecule has 0 N–H and O–H groups in total. The van der Waals surface area contributed by atoms with Crippen LogP contribution in [0.1, 0.15) is 24.6 Å². The maximum atomic E-state index is 12.3. The van der Waals surface area contributed by atoms with E-state index in [9.17, 15) is 9.59 Å². The van der Waals surface area contributed by atoms with Crippen molar-refractivity contribution in [1.82, 2.24) is 9.80 Å². The van der Waals surface area contributed by atoms with Crippen LogP contribution in [0.2, 0.25) is 0 Å². The second kappa shape index (κ2) is 8.29. The first-order valence-corrected chi connectivity index (χ1v) is 8.63. The minimum atomic E-state index is -0.133. The van der Waals surface area contributed by atoms with Gasteiger partial charge in [0, 0.05) is 18.5 Å². The Morgan fingerprint density at radius 2 is 2.32 bits per heavy atom. The number of likely N-dealkylation sites (tertiary alicyclic amines) is 1. The van der Waals surface area contributed by atoms with Crippen LogP contribution in [0, 0.1) is 5.92 Å². The van der Waals surface area contributed by atoms with Crippen LogP contribution in [-0.2, 0) is 20.9 Å². The first-order chi connectivity index (χ1) is 10.6. The van der Waals surface area contributed by atoms with Gasteiger partial charge in [-0.25, -0.2) is 0 Å². The number of rotatable bonds is 6. The molecule has 2 rings (SSSR count). The molecule has 1 fully saturated rings. The van der Waals surface area contributed by atoms with Gasteiger partial charge in [0.05, 0.1) is 25.6 Å². The van der Waals surface area contributed by atoms with Gasteiger partial charge in [-0.15, -0.1) is 11.3 Å². The van der Waals surface area contributed by atoms with Gasteiger partial charge in [-0.1, -0.05) is 6.07 Å². The van der Waals surface area contributed by atoms with Crippen LogP contribution in [0.4, 0.5) is 0 Å². The largest absolute Gasteiger partial charge is 0.466 e. The Morgan fingerprint density at radius 3 is 3.00 bits per heavy atom. The molecule has 0 spiro atoms. The summed E-state index contributed by atoms with van der Waals surface area (Å²) in [4.78, 5) is 29.1. The van der Waals surface area contributed by atoms with Gasteiger partial charge >= 0.3 is 5.97 Å². The molecular weight excluding hydrogens is 300 g/mol. The summed E-state index contributed by atoms with van der Waals surface area (Å²) in [6.07, 6.45) is 1.79. The van der Waals surface area contributed by atoms with Crippen molar-refractivity contribution in [3.63, 3.8) is 0 Å². The van der Waals surface area contributed by atoms with Crippen molar-refractivity contribution in [3.05, 3.63) is 22.4 Å². The zero-order valence-corrected chi connectivity index (χ0v) is 14.1. The van der Waals surface area contributed by atoms with Gasteiger partial charge in [-0.3, -0.25) is 14.5 Å². The Labute approximate surface area is 135 Å². The molecular formula is C16H24N2O3S. The minimum absolute atomic E-state index is 0.0934. The number of likely N-dealkylation sites (N-methyl/N-ethyl adjacent to an activating group) is 1. The van der Waals surface area contributed by atoms with E-state index in [-0.39, 0.29) is 17.8 Å². The second-order valence-electron chi connectivity index (χ2n) is 5.66. The Bertz CT molecular complexity index is 490. The lowest BCUT2D eigenvalue weighted by molar-refractivity contribution is -0.150. The first kappa shape index (κ1) is 17.0.